The van der Waals surface area contributed by atoms with Crippen LogP contribution in [0.4, 0.5) is 0 Å². The highest BCUT2D eigenvalue weighted by Crippen LogP contribution is 2.11. The maximum Gasteiger partial charge on any atom is 0.250 e. The number of rotatable bonds is 7. The van der Waals surface area contributed by atoms with Crippen LogP contribution in [0.2, 0.25) is 0 Å². The van der Waals surface area contributed by atoms with Crippen LogP contribution in [0.25, 0.3) is 0 Å². The van der Waals surface area contributed by atoms with Crippen LogP contribution < -0.4 is 10.2 Å². The Bertz CT molecular complexity index is 612. The quantitative estimate of drug-likeness (QED) is 0.631. The summed E-state index contributed by atoms with van der Waals surface area (Å²) in [5, 5.41) is 3.94. The average molecular weight is 314 g/mol. The Morgan fingerprint density at radius 2 is 1.91 bits per heavy atom. The average Bonchev–Trinajstić information content (AvgIpc) is 2.56. The molecule has 0 saturated heterocycles. The highest BCUT2D eigenvalue weighted by atomic mass is 32.2. The molecule has 0 aromatic heterocycles. The number of hydrogen-bond acceptors (Lipinski definition) is 4. The van der Waals surface area contributed by atoms with Gasteiger partial charge in [0.2, 0.25) is 5.91 Å². The molecule has 4 nitrogen and oxygen atoms in total. The third-order valence-corrected chi connectivity index (χ3v) is 3.87. The van der Waals surface area contributed by atoms with E-state index in [1.165, 1.54) is 5.56 Å². The Morgan fingerprint density at radius 1 is 1.18 bits per heavy atom. The number of amides is 1. The number of benzene rings is 2. The molecule has 5 heteroatoms. The van der Waals surface area contributed by atoms with E-state index in [4.69, 9.17) is 4.74 Å². The van der Waals surface area contributed by atoms with E-state index in [1.54, 1.807) is 25.1 Å². The Morgan fingerprint density at radius 3 is 2.59 bits per heavy atom. The lowest BCUT2D eigenvalue weighted by atomic mass is 10.2. The van der Waals surface area contributed by atoms with Gasteiger partial charge in [-0.15, -0.1) is 11.8 Å². The topological polar surface area (TPSA) is 50.7 Å². The van der Waals surface area contributed by atoms with Gasteiger partial charge in [0.05, 0.1) is 19.1 Å². The van der Waals surface area contributed by atoms with Crippen LogP contribution in [0.3, 0.4) is 0 Å². The third kappa shape index (κ3) is 5.61. The molecule has 2 aromatic rings. The van der Waals surface area contributed by atoms with Crippen LogP contribution in [-0.4, -0.2) is 25.0 Å². The first-order chi connectivity index (χ1) is 10.8. The van der Waals surface area contributed by atoms with Gasteiger partial charge in [-0.1, -0.05) is 30.3 Å². The van der Waals surface area contributed by atoms with Gasteiger partial charge in [0, 0.05) is 5.75 Å². The Balaban J connectivity index is 1.69. The highest BCUT2D eigenvalue weighted by Gasteiger charge is 2.00. The first-order valence-electron chi connectivity index (χ1n) is 6.85. The Labute approximate surface area is 134 Å². The fourth-order valence-electron chi connectivity index (χ4n) is 1.74. The molecule has 0 heterocycles. The molecular formula is C17H18N2O2S. The summed E-state index contributed by atoms with van der Waals surface area (Å²) in [6, 6.07) is 17.5. The molecule has 1 N–H and O–H groups in total. The van der Waals surface area contributed by atoms with E-state index in [1.807, 2.05) is 54.6 Å². The summed E-state index contributed by atoms with van der Waals surface area (Å²) in [6.45, 7) is 0. The predicted octanol–water partition coefficient (Wildman–Crippen LogP) is 3.08. The molecule has 0 radical (unpaired) electrons. The van der Waals surface area contributed by atoms with Crippen molar-refractivity contribution >= 4 is 23.9 Å². The molecule has 2 rings (SSSR count). The fourth-order valence-corrected chi connectivity index (χ4v) is 2.52. The summed E-state index contributed by atoms with van der Waals surface area (Å²) in [7, 11) is 1.62. The number of nitrogens with zero attached hydrogens (tertiary/aromatic N) is 1. The SMILES string of the molecule is COc1ccc(/C=N\NC(=O)CSCc2ccccc2)cc1. The van der Waals surface area contributed by atoms with Gasteiger partial charge in [0.15, 0.2) is 0 Å². The van der Waals surface area contributed by atoms with Gasteiger partial charge >= 0.3 is 0 Å². The van der Waals surface area contributed by atoms with E-state index in [0.29, 0.717) is 5.75 Å². The van der Waals surface area contributed by atoms with Crippen molar-refractivity contribution in [3.8, 4) is 5.75 Å². The molecule has 0 unspecified atom stereocenters. The van der Waals surface area contributed by atoms with Gasteiger partial charge in [-0.25, -0.2) is 5.43 Å². The van der Waals surface area contributed by atoms with E-state index in [0.717, 1.165) is 17.1 Å². The van der Waals surface area contributed by atoms with Crippen LogP contribution in [0.1, 0.15) is 11.1 Å². The summed E-state index contributed by atoms with van der Waals surface area (Å²) in [4.78, 5) is 11.7. The number of hydrogen-bond donors (Lipinski definition) is 1. The summed E-state index contributed by atoms with van der Waals surface area (Å²) in [5.74, 6) is 1.88. The van der Waals surface area contributed by atoms with E-state index in [-0.39, 0.29) is 5.91 Å². The molecule has 0 bridgehead atoms. The van der Waals surface area contributed by atoms with Crippen molar-refractivity contribution in [2.45, 2.75) is 5.75 Å². The fraction of sp³-hybridized carbons (Fsp3) is 0.176. The van der Waals surface area contributed by atoms with Crippen LogP contribution in [0, 0.1) is 0 Å². The zero-order chi connectivity index (χ0) is 15.6. The Hall–Kier alpha value is -2.27. The van der Waals surface area contributed by atoms with Crippen LogP contribution in [0.5, 0.6) is 5.75 Å². The second kappa shape index (κ2) is 8.89. The minimum absolute atomic E-state index is 0.106. The lowest BCUT2D eigenvalue weighted by Gasteiger charge is -2.01. The van der Waals surface area contributed by atoms with Gasteiger partial charge in [-0.3, -0.25) is 4.79 Å². The number of nitrogens with one attached hydrogen (secondary N) is 1. The van der Waals surface area contributed by atoms with E-state index < -0.39 is 0 Å². The van der Waals surface area contributed by atoms with Crippen molar-refractivity contribution in [3.63, 3.8) is 0 Å². The predicted molar refractivity (Wildman–Crippen MR) is 91.3 cm³/mol. The first kappa shape index (κ1) is 16.1. The zero-order valence-electron chi connectivity index (χ0n) is 12.4. The smallest absolute Gasteiger partial charge is 0.250 e. The van der Waals surface area contributed by atoms with Crippen LogP contribution in [0.15, 0.2) is 59.7 Å². The normalized spacial score (nSPS) is 10.6. The minimum Gasteiger partial charge on any atom is -0.497 e. The second-order valence-corrected chi connectivity index (χ2v) is 5.53. The second-order valence-electron chi connectivity index (χ2n) is 4.54. The van der Waals surface area contributed by atoms with Gasteiger partial charge in [0.1, 0.15) is 5.75 Å². The van der Waals surface area contributed by atoms with Gasteiger partial charge in [0.25, 0.3) is 0 Å². The molecular weight excluding hydrogens is 296 g/mol. The largest absolute Gasteiger partial charge is 0.497 e. The number of carbonyl (C=O) groups excluding carboxylic acids is 1. The zero-order valence-corrected chi connectivity index (χ0v) is 13.2. The monoisotopic (exact) mass is 314 g/mol. The molecule has 0 aliphatic carbocycles. The number of hydrazone groups is 1. The molecule has 22 heavy (non-hydrogen) atoms. The summed E-state index contributed by atoms with van der Waals surface area (Å²) >= 11 is 1.56. The van der Waals surface area contributed by atoms with Crippen LogP contribution in [-0.2, 0) is 10.5 Å². The third-order valence-electron chi connectivity index (χ3n) is 2.86. The molecule has 0 spiro atoms. The molecule has 0 aliphatic rings. The molecule has 0 fully saturated rings. The van der Waals surface area contributed by atoms with E-state index >= 15 is 0 Å². The summed E-state index contributed by atoms with van der Waals surface area (Å²) < 4.78 is 5.08. The lowest BCUT2D eigenvalue weighted by Crippen LogP contribution is -2.19. The summed E-state index contributed by atoms with van der Waals surface area (Å²) in [6.07, 6.45) is 1.61. The van der Waals surface area contributed by atoms with Crippen molar-refractivity contribution in [2.75, 3.05) is 12.9 Å². The number of carbonyl (C=O) groups is 1. The maximum atomic E-state index is 11.7. The minimum atomic E-state index is -0.106. The first-order valence-corrected chi connectivity index (χ1v) is 8.01. The van der Waals surface area contributed by atoms with Crippen molar-refractivity contribution in [3.05, 3.63) is 65.7 Å². The molecule has 0 aliphatic heterocycles. The number of ether oxygens (including phenoxy) is 1. The lowest BCUT2D eigenvalue weighted by molar-refractivity contribution is -0.118. The van der Waals surface area contributed by atoms with Gasteiger partial charge in [-0.05, 0) is 35.4 Å². The molecule has 2 aromatic carbocycles. The maximum absolute atomic E-state index is 11.7. The van der Waals surface area contributed by atoms with E-state index in [9.17, 15) is 4.79 Å². The number of thioether (sulfide) groups is 1. The van der Waals surface area contributed by atoms with Crippen molar-refractivity contribution < 1.29 is 9.53 Å². The van der Waals surface area contributed by atoms with Crippen molar-refractivity contribution in [2.24, 2.45) is 5.10 Å². The Kier molecular flexibility index (Phi) is 6.51. The molecule has 0 atom stereocenters. The van der Waals surface area contributed by atoms with Crippen LogP contribution >= 0.6 is 11.8 Å². The number of methoxy groups -OCH3 is 1. The van der Waals surface area contributed by atoms with Crippen molar-refractivity contribution in [1.29, 1.82) is 0 Å². The summed E-state index contributed by atoms with van der Waals surface area (Å²) in [5.41, 5.74) is 4.64. The molecule has 114 valence electrons. The van der Waals surface area contributed by atoms with Gasteiger partial charge < -0.3 is 4.74 Å². The van der Waals surface area contributed by atoms with Gasteiger partial charge in [-0.2, -0.15) is 5.10 Å². The van der Waals surface area contributed by atoms with Crippen molar-refractivity contribution in [1.82, 2.24) is 5.43 Å². The standard InChI is InChI=1S/C17H18N2O2S/c1-21-16-9-7-14(8-10-16)11-18-19-17(20)13-22-12-15-5-3-2-4-6-15/h2-11H,12-13H2,1H3,(H,19,20)/b18-11-. The molecule has 1 amide bonds. The molecule has 0 saturated carbocycles. The highest BCUT2D eigenvalue weighted by molar-refractivity contribution is 7.99. The van der Waals surface area contributed by atoms with E-state index in [2.05, 4.69) is 10.5 Å².